The van der Waals surface area contributed by atoms with E-state index in [9.17, 15) is 9.59 Å². The summed E-state index contributed by atoms with van der Waals surface area (Å²) in [6.07, 6.45) is 1.58. The van der Waals surface area contributed by atoms with E-state index in [4.69, 9.17) is 0 Å². The topological polar surface area (TPSA) is 62.3 Å². The van der Waals surface area contributed by atoms with Crippen molar-refractivity contribution in [1.82, 2.24) is 15.2 Å². The Balaban J connectivity index is 1.36. The standard InChI is InChI=1S/C20H19N3O2S/c24-19-6-3-11-23(19)13-14-7-9-15(10-8-14)20(25)21-12-18-22-16-4-1-2-5-17(16)26-18/h1-2,4-5,7-10H,3,6,11-13H2,(H,21,25). The molecule has 26 heavy (non-hydrogen) atoms. The van der Waals surface area contributed by atoms with E-state index in [1.54, 1.807) is 11.3 Å². The van der Waals surface area contributed by atoms with Crippen molar-refractivity contribution in [1.29, 1.82) is 0 Å². The number of hydrogen-bond acceptors (Lipinski definition) is 4. The minimum absolute atomic E-state index is 0.118. The van der Waals surface area contributed by atoms with Crippen molar-refractivity contribution < 1.29 is 9.59 Å². The quantitative estimate of drug-likeness (QED) is 0.754. The van der Waals surface area contributed by atoms with Crippen LogP contribution in [-0.4, -0.2) is 28.2 Å². The molecule has 0 saturated carbocycles. The Bertz CT molecular complexity index is 916. The molecule has 1 fully saturated rings. The number of rotatable bonds is 5. The summed E-state index contributed by atoms with van der Waals surface area (Å²) in [5, 5.41) is 3.81. The molecule has 4 rings (SSSR count). The van der Waals surface area contributed by atoms with Gasteiger partial charge in [0.05, 0.1) is 16.8 Å². The van der Waals surface area contributed by atoms with Crippen LogP contribution in [0.3, 0.4) is 0 Å². The van der Waals surface area contributed by atoms with Gasteiger partial charge in [0.1, 0.15) is 5.01 Å². The van der Waals surface area contributed by atoms with Crippen LogP contribution in [0.25, 0.3) is 10.2 Å². The van der Waals surface area contributed by atoms with Gasteiger partial charge in [0.15, 0.2) is 0 Å². The maximum atomic E-state index is 12.3. The molecule has 0 atom stereocenters. The summed E-state index contributed by atoms with van der Waals surface area (Å²) in [6.45, 7) is 1.86. The Morgan fingerprint density at radius 3 is 2.69 bits per heavy atom. The monoisotopic (exact) mass is 365 g/mol. The summed E-state index contributed by atoms with van der Waals surface area (Å²) >= 11 is 1.59. The van der Waals surface area contributed by atoms with Crippen molar-refractivity contribution >= 4 is 33.4 Å². The molecule has 0 aliphatic carbocycles. The van der Waals surface area contributed by atoms with Crippen LogP contribution in [0, 0.1) is 0 Å². The zero-order valence-corrected chi connectivity index (χ0v) is 15.1. The number of benzene rings is 2. The first-order valence-electron chi connectivity index (χ1n) is 8.68. The number of para-hydroxylation sites is 1. The third-order valence-corrected chi connectivity index (χ3v) is 5.54. The molecule has 1 aliphatic rings. The van der Waals surface area contributed by atoms with Gasteiger partial charge in [0, 0.05) is 25.1 Å². The average Bonchev–Trinajstić information content (AvgIpc) is 3.26. The number of carbonyl (C=O) groups excluding carboxylic acids is 2. The van der Waals surface area contributed by atoms with E-state index in [0.717, 1.165) is 33.8 Å². The molecule has 1 saturated heterocycles. The number of carbonyl (C=O) groups is 2. The van der Waals surface area contributed by atoms with Crippen LogP contribution in [0.4, 0.5) is 0 Å². The molecule has 1 N–H and O–H groups in total. The lowest BCUT2D eigenvalue weighted by Crippen LogP contribution is -2.24. The molecule has 3 aromatic rings. The molecule has 6 heteroatoms. The summed E-state index contributed by atoms with van der Waals surface area (Å²) in [4.78, 5) is 30.4. The van der Waals surface area contributed by atoms with Crippen molar-refractivity contribution in [2.24, 2.45) is 0 Å². The van der Waals surface area contributed by atoms with Crippen LogP contribution >= 0.6 is 11.3 Å². The first-order valence-corrected chi connectivity index (χ1v) is 9.50. The van der Waals surface area contributed by atoms with Crippen LogP contribution in [0.1, 0.15) is 33.8 Å². The van der Waals surface area contributed by atoms with Crippen LogP contribution in [0.2, 0.25) is 0 Å². The lowest BCUT2D eigenvalue weighted by Gasteiger charge is -2.15. The number of aromatic nitrogens is 1. The van der Waals surface area contributed by atoms with Crippen molar-refractivity contribution in [2.75, 3.05) is 6.54 Å². The zero-order chi connectivity index (χ0) is 17.9. The molecule has 1 aromatic heterocycles. The highest BCUT2D eigenvalue weighted by Crippen LogP contribution is 2.21. The number of amides is 2. The fourth-order valence-corrected chi connectivity index (χ4v) is 4.01. The predicted molar refractivity (Wildman–Crippen MR) is 102 cm³/mol. The molecular formula is C20H19N3O2S. The highest BCUT2D eigenvalue weighted by molar-refractivity contribution is 7.18. The Hall–Kier alpha value is -2.73. The molecule has 132 valence electrons. The molecule has 2 heterocycles. The molecule has 1 aliphatic heterocycles. The van der Waals surface area contributed by atoms with Crippen molar-refractivity contribution in [3.8, 4) is 0 Å². The van der Waals surface area contributed by atoms with E-state index in [0.29, 0.717) is 25.1 Å². The second kappa shape index (κ2) is 7.25. The smallest absolute Gasteiger partial charge is 0.251 e. The van der Waals surface area contributed by atoms with Crippen LogP contribution < -0.4 is 5.32 Å². The van der Waals surface area contributed by atoms with E-state index in [1.807, 2.05) is 53.4 Å². The summed E-state index contributed by atoms with van der Waals surface area (Å²) < 4.78 is 1.12. The number of nitrogens with zero attached hydrogens (tertiary/aromatic N) is 2. The Morgan fingerprint density at radius 2 is 1.96 bits per heavy atom. The van der Waals surface area contributed by atoms with E-state index < -0.39 is 0 Å². The molecule has 5 nitrogen and oxygen atoms in total. The van der Waals surface area contributed by atoms with Gasteiger partial charge in [0.2, 0.25) is 5.91 Å². The number of hydrogen-bond donors (Lipinski definition) is 1. The minimum Gasteiger partial charge on any atom is -0.346 e. The molecule has 2 amide bonds. The van der Waals surface area contributed by atoms with E-state index >= 15 is 0 Å². The summed E-state index contributed by atoms with van der Waals surface area (Å²) in [5.41, 5.74) is 2.62. The van der Waals surface area contributed by atoms with Crippen molar-refractivity contribution in [3.63, 3.8) is 0 Å². The molecule has 0 spiro atoms. The normalized spacial score (nSPS) is 14.2. The summed E-state index contributed by atoms with van der Waals surface area (Å²) in [6, 6.07) is 15.4. The molecule has 2 aromatic carbocycles. The summed E-state index contributed by atoms with van der Waals surface area (Å²) in [7, 11) is 0. The van der Waals surface area contributed by atoms with Gasteiger partial charge in [0.25, 0.3) is 5.91 Å². The number of likely N-dealkylation sites (tertiary alicyclic amines) is 1. The largest absolute Gasteiger partial charge is 0.346 e. The maximum Gasteiger partial charge on any atom is 0.251 e. The van der Waals surface area contributed by atoms with Crippen LogP contribution in [0.5, 0.6) is 0 Å². The first kappa shape index (κ1) is 16.7. The van der Waals surface area contributed by atoms with Crippen molar-refractivity contribution in [2.45, 2.75) is 25.9 Å². The predicted octanol–water partition coefficient (Wildman–Crippen LogP) is 3.35. The molecule has 0 unspecified atom stereocenters. The SMILES string of the molecule is O=C(NCc1nc2ccccc2s1)c1ccc(CN2CCCC2=O)cc1. The Morgan fingerprint density at radius 1 is 1.15 bits per heavy atom. The van der Waals surface area contributed by atoms with Gasteiger partial charge in [-0.3, -0.25) is 9.59 Å². The van der Waals surface area contributed by atoms with E-state index in [2.05, 4.69) is 10.3 Å². The third kappa shape index (κ3) is 3.60. The Labute approximate surface area is 155 Å². The number of nitrogens with one attached hydrogen (secondary N) is 1. The van der Waals surface area contributed by atoms with Gasteiger partial charge >= 0.3 is 0 Å². The highest BCUT2D eigenvalue weighted by atomic mass is 32.1. The second-order valence-corrected chi connectivity index (χ2v) is 7.49. The van der Waals surface area contributed by atoms with Gasteiger partial charge in [-0.05, 0) is 36.2 Å². The highest BCUT2D eigenvalue weighted by Gasteiger charge is 2.20. The van der Waals surface area contributed by atoms with Gasteiger partial charge < -0.3 is 10.2 Å². The Kier molecular flexibility index (Phi) is 4.67. The van der Waals surface area contributed by atoms with Crippen LogP contribution in [0.15, 0.2) is 48.5 Å². The van der Waals surface area contributed by atoms with Crippen LogP contribution in [-0.2, 0) is 17.9 Å². The molecule has 0 radical (unpaired) electrons. The van der Waals surface area contributed by atoms with E-state index in [-0.39, 0.29) is 11.8 Å². The third-order valence-electron chi connectivity index (χ3n) is 4.50. The minimum atomic E-state index is -0.118. The molecule has 0 bridgehead atoms. The van der Waals surface area contributed by atoms with Gasteiger partial charge in [-0.25, -0.2) is 4.98 Å². The van der Waals surface area contributed by atoms with E-state index in [1.165, 1.54) is 0 Å². The average molecular weight is 365 g/mol. The number of fused-ring (bicyclic) bond motifs is 1. The second-order valence-electron chi connectivity index (χ2n) is 6.37. The van der Waals surface area contributed by atoms with Gasteiger partial charge in [-0.15, -0.1) is 11.3 Å². The fourth-order valence-electron chi connectivity index (χ4n) is 3.11. The molecular weight excluding hydrogens is 346 g/mol. The zero-order valence-electron chi connectivity index (χ0n) is 14.3. The fraction of sp³-hybridized carbons (Fsp3) is 0.250. The van der Waals surface area contributed by atoms with Crippen molar-refractivity contribution in [3.05, 3.63) is 64.7 Å². The maximum absolute atomic E-state index is 12.3. The van der Waals surface area contributed by atoms with Gasteiger partial charge in [-0.1, -0.05) is 24.3 Å². The first-order chi connectivity index (χ1) is 12.7. The lowest BCUT2D eigenvalue weighted by molar-refractivity contribution is -0.128. The van der Waals surface area contributed by atoms with Gasteiger partial charge in [-0.2, -0.15) is 0 Å². The number of thiazole rings is 1. The lowest BCUT2D eigenvalue weighted by atomic mass is 10.1. The summed E-state index contributed by atoms with van der Waals surface area (Å²) in [5.74, 6) is 0.0932.